The number of alkyl halides is 2. The summed E-state index contributed by atoms with van der Waals surface area (Å²) < 4.78 is 36.9. The van der Waals surface area contributed by atoms with Crippen LogP contribution in [0.3, 0.4) is 0 Å². The highest BCUT2D eigenvalue weighted by molar-refractivity contribution is 7.99. The molecule has 0 radical (unpaired) electrons. The number of carbonyl (C=O) groups is 2. The quantitative estimate of drug-likeness (QED) is 0.182. The fourth-order valence-electron chi connectivity index (χ4n) is 5.51. The molecule has 0 saturated heterocycles. The van der Waals surface area contributed by atoms with Crippen molar-refractivity contribution in [1.82, 2.24) is 9.80 Å². The van der Waals surface area contributed by atoms with E-state index >= 15 is 8.78 Å². The topological polar surface area (TPSA) is 82.1 Å². The first-order valence-corrected chi connectivity index (χ1v) is 16.3. The molecule has 47 heavy (non-hydrogen) atoms. The largest absolute Gasteiger partial charge is 0.486 e. The molecule has 1 aliphatic rings. The third kappa shape index (κ3) is 8.19. The van der Waals surface area contributed by atoms with Gasteiger partial charge >= 0.3 is 5.92 Å². The van der Waals surface area contributed by atoms with Gasteiger partial charge in [-0.2, -0.15) is 8.78 Å². The number of hydrogen-bond acceptors (Lipinski definition) is 6. The van der Waals surface area contributed by atoms with E-state index in [1.165, 1.54) is 36.4 Å². The van der Waals surface area contributed by atoms with Crippen molar-refractivity contribution < 1.29 is 28.2 Å². The van der Waals surface area contributed by atoms with Crippen LogP contribution in [0.1, 0.15) is 35.3 Å². The van der Waals surface area contributed by atoms with Gasteiger partial charge in [0.05, 0.1) is 23.9 Å². The third-order valence-corrected chi connectivity index (χ3v) is 9.22. The van der Waals surface area contributed by atoms with Gasteiger partial charge in [-0.1, -0.05) is 85.4 Å². The molecule has 7 nitrogen and oxygen atoms in total. The van der Waals surface area contributed by atoms with Crippen LogP contribution >= 0.6 is 11.8 Å². The molecule has 1 aliphatic heterocycles. The highest BCUT2D eigenvalue weighted by Gasteiger charge is 2.42. The molecule has 0 fully saturated rings. The van der Waals surface area contributed by atoms with E-state index in [2.05, 4.69) is 46.6 Å². The van der Waals surface area contributed by atoms with E-state index in [9.17, 15) is 14.7 Å². The number of ether oxygens (including phenoxy) is 1. The van der Waals surface area contributed by atoms with Crippen molar-refractivity contribution in [3.8, 4) is 5.75 Å². The molecule has 1 heterocycles. The van der Waals surface area contributed by atoms with Gasteiger partial charge in [-0.3, -0.25) is 14.5 Å². The standard InChI is InChI=1S/C37H39F2N3O4S/c1-25-21-42(26(2)24-43)35(44)31-15-10-16-32(40-36(45)37(38,39)28-11-6-4-7-12-28)34(31)46-33(25)23-41(3)22-27-17-19-30(20-18-27)47-29-13-8-5-9-14-29/h4-20,25-26,33,43H,21-24H2,1-3H3,(H,40,45)/t25-,26?,33-/m1/s1. The Hall–Kier alpha value is -4.25. The summed E-state index contributed by atoms with van der Waals surface area (Å²) in [5, 5.41) is 12.3. The number of aliphatic hydroxyl groups excluding tert-OH is 1. The zero-order chi connectivity index (χ0) is 33.6. The highest BCUT2D eigenvalue weighted by atomic mass is 32.2. The molecule has 3 atom stereocenters. The molecule has 0 aliphatic carbocycles. The predicted octanol–water partition coefficient (Wildman–Crippen LogP) is 6.92. The molecular weight excluding hydrogens is 620 g/mol. The van der Waals surface area contributed by atoms with Crippen LogP contribution in [-0.2, 0) is 17.3 Å². The van der Waals surface area contributed by atoms with Gasteiger partial charge in [-0.05, 0) is 55.9 Å². The molecule has 2 N–H and O–H groups in total. The lowest BCUT2D eigenvalue weighted by molar-refractivity contribution is -0.140. The average Bonchev–Trinajstić information content (AvgIpc) is 3.08. The fourth-order valence-corrected chi connectivity index (χ4v) is 6.35. The number of amides is 2. The van der Waals surface area contributed by atoms with Crippen LogP contribution in [0.15, 0.2) is 113 Å². The van der Waals surface area contributed by atoms with E-state index in [-0.39, 0.29) is 29.5 Å². The van der Waals surface area contributed by atoms with Crippen LogP contribution in [-0.4, -0.2) is 65.6 Å². The number of carbonyl (C=O) groups excluding carboxylic acids is 2. The number of rotatable bonds is 11. The zero-order valence-electron chi connectivity index (χ0n) is 26.6. The Morgan fingerprint density at radius 1 is 1.00 bits per heavy atom. The molecule has 4 aromatic carbocycles. The van der Waals surface area contributed by atoms with E-state index in [0.717, 1.165) is 15.4 Å². The normalized spacial score (nSPS) is 17.3. The maximum absolute atomic E-state index is 15.2. The second-order valence-corrected chi connectivity index (χ2v) is 13.1. The Kier molecular flexibility index (Phi) is 11.0. The van der Waals surface area contributed by atoms with Gasteiger partial charge in [0, 0.05) is 40.9 Å². The monoisotopic (exact) mass is 659 g/mol. The number of para-hydroxylation sites is 1. The van der Waals surface area contributed by atoms with Gasteiger partial charge in [-0.15, -0.1) is 0 Å². The van der Waals surface area contributed by atoms with E-state index < -0.39 is 35.4 Å². The Balaban J connectivity index is 1.38. The van der Waals surface area contributed by atoms with Crippen LogP contribution in [0, 0.1) is 5.92 Å². The molecular formula is C37H39F2N3O4S. The first-order valence-electron chi connectivity index (χ1n) is 15.5. The lowest BCUT2D eigenvalue weighted by Gasteiger charge is -2.38. The Labute approximate surface area is 278 Å². The van der Waals surface area contributed by atoms with Gasteiger partial charge in [0.25, 0.3) is 11.8 Å². The van der Waals surface area contributed by atoms with E-state index in [1.54, 1.807) is 35.7 Å². The number of aliphatic hydroxyl groups is 1. The Morgan fingerprint density at radius 2 is 1.64 bits per heavy atom. The van der Waals surface area contributed by atoms with Crippen LogP contribution in [0.25, 0.3) is 0 Å². The van der Waals surface area contributed by atoms with Crippen LogP contribution in [0.5, 0.6) is 5.75 Å². The molecule has 1 unspecified atom stereocenters. The minimum absolute atomic E-state index is 0.0251. The third-order valence-electron chi connectivity index (χ3n) is 8.21. The first-order chi connectivity index (χ1) is 22.6. The minimum Gasteiger partial charge on any atom is -0.486 e. The van der Waals surface area contributed by atoms with Crippen molar-refractivity contribution >= 4 is 29.3 Å². The van der Waals surface area contributed by atoms with Crippen molar-refractivity contribution in [3.63, 3.8) is 0 Å². The number of hydrogen-bond donors (Lipinski definition) is 2. The number of anilines is 1. The number of likely N-dealkylation sites (N-methyl/N-ethyl adjacent to an activating group) is 1. The van der Waals surface area contributed by atoms with Crippen molar-refractivity contribution in [3.05, 3.63) is 120 Å². The van der Waals surface area contributed by atoms with Crippen molar-refractivity contribution in [2.24, 2.45) is 5.92 Å². The molecule has 0 saturated carbocycles. The number of nitrogens with one attached hydrogen (secondary N) is 1. The number of halogens is 2. The molecule has 2 amide bonds. The molecule has 0 aromatic heterocycles. The highest BCUT2D eigenvalue weighted by Crippen LogP contribution is 2.37. The molecule has 0 spiro atoms. The SMILES string of the molecule is CC(CO)N1C[C@@H](C)[C@@H](CN(C)Cc2ccc(Sc3ccccc3)cc2)Oc2c(NC(=O)C(F)(F)c3ccccc3)cccc2C1=O. The van der Waals surface area contributed by atoms with Crippen molar-refractivity contribution in [2.75, 3.05) is 32.1 Å². The molecule has 5 rings (SSSR count). The zero-order valence-corrected chi connectivity index (χ0v) is 27.4. The lowest BCUT2D eigenvalue weighted by Crippen LogP contribution is -2.49. The van der Waals surface area contributed by atoms with Crippen LogP contribution in [0.4, 0.5) is 14.5 Å². The maximum Gasteiger partial charge on any atom is 0.350 e. The van der Waals surface area contributed by atoms with E-state index in [1.807, 2.05) is 32.2 Å². The second-order valence-electron chi connectivity index (χ2n) is 12.0. The fraction of sp³-hybridized carbons (Fsp3) is 0.297. The number of nitrogens with zero attached hydrogens (tertiary/aromatic N) is 2. The van der Waals surface area contributed by atoms with Gasteiger partial charge in [0.1, 0.15) is 6.10 Å². The maximum atomic E-state index is 15.2. The predicted molar refractivity (Wildman–Crippen MR) is 180 cm³/mol. The average molecular weight is 660 g/mol. The summed E-state index contributed by atoms with van der Waals surface area (Å²) in [6.07, 6.45) is -0.485. The summed E-state index contributed by atoms with van der Waals surface area (Å²) >= 11 is 1.69. The van der Waals surface area contributed by atoms with Gasteiger partial charge in [0.15, 0.2) is 5.75 Å². The second kappa shape index (κ2) is 15.1. The summed E-state index contributed by atoms with van der Waals surface area (Å²) in [7, 11) is 1.97. The number of benzene rings is 4. The smallest absolute Gasteiger partial charge is 0.350 e. The summed E-state index contributed by atoms with van der Waals surface area (Å²) in [5.41, 5.74) is 0.750. The summed E-state index contributed by atoms with van der Waals surface area (Å²) in [6, 6.07) is 29.4. The molecule has 4 aromatic rings. The summed E-state index contributed by atoms with van der Waals surface area (Å²) in [4.78, 5) is 32.7. The molecule has 10 heteroatoms. The van der Waals surface area contributed by atoms with E-state index in [4.69, 9.17) is 4.74 Å². The Bertz CT molecular complexity index is 1660. The van der Waals surface area contributed by atoms with Gasteiger partial charge < -0.3 is 20.1 Å². The van der Waals surface area contributed by atoms with Crippen LogP contribution in [0.2, 0.25) is 0 Å². The minimum atomic E-state index is -3.82. The van der Waals surface area contributed by atoms with Gasteiger partial charge in [0.2, 0.25) is 0 Å². The van der Waals surface area contributed by atoms with Gasteiger partial charge in [-0.25, -0.2) is 0 Å². The van der Waals surface area contributed by atoms with Crippen LogP contribution < -0.4 is 10.1 Å². The first kappa shape index (κ1) is 34.1. The Morgan fingerprint density at radius 3 is 2.30 bits per heavy atom. The number of fused-ring (bicyclic) bond motifs is 1. The molecule has 0 bridgehead atoms. The van der Waals surface area contributed by atoms with Crippen molar-refractivity contribution in [2.45, 2.75) is 48.3 Å². The molecule has 246 valence electrons. The summed E-state index contributed by atoms with van der Waals surface area (Å²) in [6.45, 7) is 4.82. The van der Waals surface area contributed by atoms with Crippen molar-refractivity contribution in [1.29, 1.82) is 0 Å². The van der Waals surface area contributed by atoms with E-state index in [0.29, 0.717) is 19.6 Å². The summed E-state index contributed by atoms with van der Waals surface area (Å²) in [5.74, 6) is -5.96. The lowest BCUT2D eigenvalue weighted by atomic mass is 9.98.